The average molecular weight is 242 g/mol. The van der Waals surface area contributed by atoms with E-state index >= 15 is 0 Å². The lowest BCUT2D eigenvalue weighted by Gasteiger charge is -2.19. The zero-order valence-electron chi connectivity index (χ0n) is 8.44. The van der Waals surface area contributed by atoms with Crippen LogP contribution in [0.2, 0.25) is 0 Å². The Morgan fingerprint density at radius 1 is 1.53 bits per heavy atom. The Labute approximate surface area is 87.1 Å². The molecule has 1 aliphatic heterocycles. The summed E-state index contributed by atoms with van der Waals surface area (Å²) in [6.45, 7) is 0.585. The molecule has 0 aliphatic carbocycles. The fraction of sp³-hybridized carbons (Fsp3) is 1.00. The average Bonchev–Trinajstić information content (AvgIpc) is 2.39. The highest BCUT2D eigenvalue weighted by Crippen LogP contribution is 2.42. The molecule has 1 saturated heterocycles. The maximum absolute atomic E-state index is 11.0. The molecule has 0 aromatic heterocycles. The Bertz CT molecular complexity index is 252. The Hall–Kier alpha value is -0.0100. The summed E-state index contributed by atoms with van der Waals surface area (Å²) in [5.41, 5.74) is 0. The van der Waals surface area contributed by atoms with E-state index in [4.69, 9.17) is 24.0 Å². The van der Waals surface area contributed by atoms with Crippen LogP contribution in [0.15, 0.2) is 0 Å². The van der Waals surface area contributed by atoms with Gasteiger partial charge in [0.25, 0.3) is 0 Å². The summed E-state index contributed by atoms with van der Waals surface area (Å²) >= 11 is 0. The van der Waals surface area contributed by atoms with Crippen LogP contribution >= 0.6 is 7.60 Å². The summed E-state index contributed by atoms with van der Waals surface area (Å²) in [6, 6.07) is 0. The molecule has 8 heteroatoms. The molecule has 2 unspecified atom stereocenters. The minimum atomic E-state index is -3.73. The third-order valence-electron chi connectivity index (χ3n) is 2.05. The van der Waals surface area contributed by atoms with E-state index in [0.29, 0.717) is 0 Å². The summed E-state index contributed by atoms with van der Waals surface area (Å²) in [6.07, 6.45) is -3.99. The molecular formula is C7H15O7P. The lowest BCUT2D eigenvalue weighted by Crippen LogP contribution is -2.36. The van der Waals surface area contributed by atoms with Gasteiger partial charge < -0.3 is 24.6 Å². The van der Waals surface area contributed by atoms with Gasteiger partial charge in [-0.3, -0.25) is 9.09 Å². The van der Waals surface area contributed by atoms with E-state index < -0.39 is 38.8 Å². The number of aliphatic hydroxyl groups is 2. The Kier molecular flexibility index (Phi) is 4.25. The van der Waals surface area contributed by atoms with Crippen LogP contribution in [0.1, 0.15) is 0 Å². The van der Waals surface area contributed by atoms with E-state index in [2.05, 4.69) is 0 Å². The van der Waals surface area contributed by atoms with Crippen molar-refractivity contribution in [1.29, 1.82) is 0 Å². The van der Waals surface area contributed by atoms with Crippen LogP contribution in [0.25, 0.3) is 0 Å². The highest BCUT2D eigenvalue weighted by Gasteiger charge is 2.46. The molecule has 1 rings (SSSR count). The minimum absolute atomic E-state index is 0.416. The molecule has 3 N–H and O–H groups in total. The number of hydrogen-bond acceptors (Lipinski definition) is 6. The van der Waals surface area contributed by atoms with Crippen LogP contribution in [-0.2, 0) is 18.6 Å². The van der Waals surface area contributed by atoms with Gasteiger partial charge >= 0.3 is 7.60 Å². The molecule has 0 spiro atoms. The van der Waals surface area contributed by atoms with Gasteiger partial charge in [-0.25, -0.2) is 0 Å². The number of ether oxygens (including phenoxy) is 2. The van der Waals surface area contributed by atoms with Gasteiger partial charge in [0.2, 0.25) is 0 Å². The molecule has 5 atom stereocenters. The summed E-state index contributed by atoms with van der Waals surface area (Å²) < 4.78 is 25.6. The van der Waals surface area contributed by atoms with E-state index in [-0.39, 0.29) is 0 Å². The van der Waals surface area contributed by atoms with Gasteiger partial charge in [-0.05, 0) is 0 Å². The summed E-state index contributed by atoms with van der Waals surface area (Å²) in [5.74, 6) is 0. The van der Waals surface area contributed by atoms with E-state index in [9.17, 15) is 9.67 Å². The molecule has 90 valence electrons. The normalized spacial score (nSPS) is 40.3. The van der Waals surface area contributed by atoms with Gasteiger partial charge in [0.1, 0.15) is 18.3 Å². The monoisotopic (exact) mass is 242 g/mol. The number of hydrogen-bond donors (Lipinski definition) is 3. The number of methoxy groups -OCH3 is 1. The molecular weight excluding hydrogens is 227 g/mol. The third-order valence-corrected chi connectivity index (χ3v) is 2.65. The van der Waals surface area contributed by atoms with E-state index in [1.807, 2.05) is 0 Å². The van der Waals surface area contributed by atoms with Gasteiger partial charge in [-0.15, -0.1) is 0 Å². The van der Waals surface area contributed by atoms with Crippen LogP contribution in [-0.4, -0.2) is 60.1 Å². The van der Waals surface area contributed by atoms with Gasteiger partial charge in [0, 0.05) is 13.8 Å². The van der Waals surface area contributed by atoms with E-state index in [1.54, 1.807) is 0 Å². The van der Waals surface area contributed by atoms with Crippen LogP contribution in [0.4, 0.5) is 0 Å². The van der Waals surface area contributed by atoms with Crippen molar-refractivity contribution in [3.8, 4) is 0 Å². The maximum Gasteiger partial charge on any atom is 0.327 e. The largest absolute Gasteiger partial charge is 0.394 e. The topological polar surface area (TPSA) is 105 Å². The summed E-state index contributed by atoms with van der Waals surface area (Å²) in [7, 11) is -2.42. The quantitative estimate of drug-likeness (QED) is 0.538. The highest BCUT2D eigenvalue weighted by atomic mass is 31.2. The van der Waals surface area contributed by atoms with Crippen molar-refractivity contribution in [1.82, 2.24) is 0 Å². The van der Waals surface area contributed by atoms with Crippen molar-refractivity contribution in [3.05, 3.63) is 0 Å². The molecule has 0 bridgehead atoms. The van der Waals surface area contributed by atoms with Crippen LogP contribution in [0.5, 0.6) is 0 Å². The van der Waals surface area contributed by atoms with Crippen molar-refractivity contribution in [2.24, 2.45) is 0 Å². The first-order valence-electron chi connectivity index (χ1n) is 4.35. The predicted octanol–water partition coefficient (Wildman–Crippen LogP) is -1.09. The van der Waals surface area contributed by atoms with Crippen molar-refractivity contribution < 1.29 is 33.7 Å². The fourth-order valence-corrected chi connectivity index (χ4v) is 1.94. The molecule has 1 fully saturated rings. The zero-order chi connectivity index (χ0) is 11.6. The number of rotatable bonds is 4. The molecule has 7 nitrogen and oxygen atoms in total. The Morgan fingerprint density at radius 2 is 2.13 bits per heavy atom. The first kappa shape index (κ1) is 13.1. The van der Waals surface area contributed by atoms with Gasteiger partial charge in [-0.1, -0.05) is 0 Å². The molecule has 0 aromatic rings. The van der Waals surface area contributed by atoms with Crippen molar-refractivity contribution >= 4 is 7.60 Å². The van der Waals surface area contributed by atoms with Crippen LogP contribution in [0, 0.1) is 0 Å². The molecule has 1 heterocycles. The third kappa shape index (κ3) is 3.22. The minimum Gasteiger partial charge on any atom is -0.394 e. The second-order valence-electron chi connectivity index (χ2n) is 3.32. The zero-order valence-corrected chi connectivity index (χ0v) is 9.33. The van der Waals surface area contributed by atoms with Crippen LogP contribution < -0.4 is 0 Å². The fourth-order valence-electron chi connectivity index (χ4n) is 1.38. The van der Waals surface area contributed by atoms with E-state index in [0.717, 1.165) is 6.66 Å². The van der Waals surface area contributed by atoms with Gasteiger partial charge in [0.15, 0.2) is 6.29 Å². The summed E-state index contributed by atoms with van der Waals surface area (Å²) in [4.78, 5) is 8.99. The van der Waals surface area contributed by atoms with Crippen molar-refractivity contribution in [2.45, 2.75) is 24.6 Å². The van der Waals surface area contributed by atoms with Crippen molar-refractivity contribution in [3.63, 3.8) is 0 Å². The molecule has 0 aromatic carbocycles. The van der Waals surface area contributed by atoms with Crippen LogP contribution in [0.3, 0.4) is 0 Å². The lowest BCUT2D eigenvalue weighted by molar-refractivity contribution is -0.126. The lowest BCUT2D eigenvalue weighted by atomic mass is 10.1. The second-order valence-corrected chi connectivity index (χ2v) is 5.14. The van der Waals surface area contributed by atoms with Gasteiger partial charge in [-0.2, -0.15) is 0 Å². The SMILES string of the molecule is CO[C@H]1C(OP(C)(=O)O)O[C@H](CO)[C@H]1O. The van der Waals surface area contributed by atoms with Crippen molar-refractivity contribution in [2.75, 3.05) is 20.4 Å². The first-order valence-corrected chi connectivity index (χ1v) is 6.37. The number of aliphatic hydroxyl groups excluding tert-OH is 2. The van der Waals surface area contributed by atoms with Gasteiger partial charge in [0.05, 0.1) is 6.61 Å². The predicted molar refractivity (Wildman–Crippen MR) is 49.4 cm³/mol. The Morgan fingerprint density at radius 3 is 2.53 bits per heavy atom. The summed E-state index contributed by atoms with van der Waals surface area (Å²) in [5, 5.41) is 18.4. The second kappa shape index (κ2) is 4.88. The Balaban J connectivity index is 2.69. The highest BCUT2D eigenvalue weighted by molar-refractivity contribution is 7.51. The molecule has 0 radical (unpaired) electrons. The molecule has 1 aliphatic rings. The standard InChI is InChI=1S/C7H15O7P/c1-12-6-5(9)4(3-8)13-7(6)14-15(2,10)11/h4-9H,3H2,1-2H3,(H,10,11)/t4-,5-,6-,7?/m1/s1. The first-order chi connectivity index (χ1) is 6.89. The van der Waals surface area contributed by atoms with E-state index in [1.165, 1.54) is 7.11 Å². The molecule has 0 saturated carbocycles. The molecule has 15 heavy (non-hydrogen) atoms. The maximum atomic E-state index is 11.0. The molecule has 0 amide bonds. The smallest absolute Gasteiger partial charge is 0.327 e.